The molecule has 0 spiro atoms. The smallest absolute Gasteiger partial charge is 0.309 e. The largest absolute Gasteiger partial charge is 0.417 e. The molecule has 0 aliphatic carbocycles. The first-order chi connectivity index (χ1) is 13.2. The van der Waals surface area contributed by atoms with Gasteiger partial charge in [0.05, 0.1) is 34.5 Å². The lowest BCUT2D eigenvalue weighted by Gasteiger charge is -2.22. The van der Waals surface area contributed by atoms with Gasteiger partial charge in [0.2, 0.25) is 0 Å². The van der Waals surface area contributed by atoms with E-state index in [-0.39, 0.29) is 17.3 Å². The fourth-order valence-corrected chi connectivity index (χ4v) is 3.28. The number of nitrogens with zero attached hydrogens (tertiary/aromatic N) is 4. The van der Waals surface area contributed by atoms with Gasteiger partial charge in [-0.25, -0.2) is 0 Å². The van der Waals surface area contributed by atoms with Crippen LogP contribution in [0.3, 0.4) is 0 Å². The molecular formula is C19H11F3N4OS. The van der Waals surface area contributed by atoms with E-state index in [1.54, 1.807) is 25.1 Å². The van der Waals surface area contributed by atoms with Crippen molar-refractivity contribution in [2.24, 2.45) is 0 Å². The first-order valence-electron chi connectivity index (χ1n) is 7.94. The van der Waals surface area contributed by atoms with E-state index in [0.717, 1.165) is 12.1 Å². The summed E-state index contributed by atoms with van der Waals surface area (Å²) in [4.78, 5) is 15.0. The topological polar surface area (TPSA) is 71.1 Å². The molecule has 1 fully saturated rings. The molecule has 1 amide bonds. The quantitative estimate of drug-likeness (QED) is 0.715. The van der Waals surface area contributed by atoms with E-state index in [0.29, 0.717) is 16.8 Å². The number of rotatable bonds is 2. The minimum Gasteiger partial charge on any atom is -0.309 e. The Labute approximate surface area is 163 Å². The molecule has 3 rings (SSSR count). The van der Waals surface area contributed by atoms with Crippen LogP contribution in [-0.2, 0) is 11.0 Å². The Balaban J connectivity index is 2.00. The summed E-state index contributed by atoms with van der Waals surface area (Å²) in [5.41, 5.74) is -0.00854. The van der Waals surface area contributed by atoms with Crippen LogP contribution in [0, 0.1) is 29.6 Å². The molecule has 2 aromatic carbocycles. The molecule has 1 aliphatic heterocycles. The zero-order valence-corrected chi connectivity index (χ0v) is 15.2. The maximum atomic E-state index is 13.2. The summed E-state index contributed by atoms with van der Waals surface area (Å²) >= 11 is 5.33. The lowest BCUT2D eigenvalue weighted by atomic mass is 10.1. The SMILES string of the molecule is Cc1cc(N2C(=O)CN(c3ccc(C#N)c(C(F)(F)F)c3)C2=S)ccc1C#N. The molecule has 0 saturated carbocycles. The number of hydrogen-bond donors (Lipinski definition) is 0. The van der Waals surface area contributed by atoms with Gasteiger partial charge >= 0.3 is 6.18 Å². The molecular weight excluding hydrogens is 389 g/mol. The summed E-state index contributed by atoms with van der Waals surface area (Å²) in [7, 11) is 0. The summed E-state index contributed by atoms with van der Waals surface area (Å²) in [6.45, 7) is 1.47. The van der Waals surface area contributed by atoms with Crippen molar-refractivity contribution < 1.29 is 18.0 Å². The normalized spacial score (nSPS) is 14.2. The summed E-state index contributed by atoms with van der Waals surface area (Å²) in [5, 5.41) is 18.0. The third-order valence-electron chi connectivity index (χ3n) is 4.29. The van der Waals surface area contributed by atoms with Crippen LogP contribution in [0.25, 0.3) is 0 Å². The Bertz CT molecular complexity index is 1080. The third kappa shape index (κ3) is 3.28. The van der Waals surface area contributed by atoms with Gasteiger partial charge in [-0.05, 0) is 61.1 Å². The molecule has 2 aromatic rings. The molecule has 1 saturated heterocycles. The molecule has 1 heterocycles. The Hall–Kier alpha value is -3.43. The van der Waals surface area contributed by atoms with Gasteiger partial charge in [0.1, 0.15) is 6.54 Å². The van der Waals surface area contributed by atoms with Crippen molar-refractivity contribution in [3.63, 3.8) is 0 Å². The number of amides is 1. The van der Waals surface area contributed by atoms with E-state index in [1.165, 1.54) is 21.9 Å². The minimum absolute atomic E-state index is 0.0203. The van der Waals surface area contributed by atoms with Gasteiger partial charge in [-0.2, -0.15) is 23.7 Å². The zero-order valence-electron chi connectivity index (χ0n) is 14.4. The van der Waals surface area contributed by atoms with Gasteiger partial charge in [0.15, 0.2) is 5.11 Å². The first kappa shape index (κ1) is 19.3. The Kier molecular flexibility index (Phi) is 4.80. The first-order valence-corrected chi connectivity index (χ1v) is 8.34. The number of alkyl halides is 3. The third-order valence-corrected chi connectivity index (χ3v) is 4.70. The van der Waals surface area contributed by atoms with Crippen LogP contribution in [0.15, 0.2) is 36.4 Å². The van der Waals surface area contributed by atoms with E-state index < -0.39 is 23.2 Å². The molecule has 0 aromatic heterocycles. The summed E-state index contributed by atoms with van der Waals surface area (Å²) in [5.74, 6) is -0.410. The van der Waals surface area contributed by atoms with Gasteiger partial charge in [-0.1, -0.05) is 0 Å². The van der Waals surface area contributed by atoms with Gasteiger partial charge in [-0.3, -0.25) is 9.69 Å². The van der Waals surface area contributed by atoms with Crippen molar-refractivity contribution in [3.8, 4) is 12.1 Å². The second-order valence-corrected chi connectivity index (χ2v) is 6.41. The average Bonchev–Trinajstić information content (AvgIpc) is 2.94. The average molecular weight is 400 g/mol. The Morgan fingerprint density at radius 3 is 2.21 bits per heavy atom. The molecule has 5 nitrogen and oxygen atoms in total. The highest BCUT2D eigenvalue weighted by Gasteiger charge is 2.38. The van der Waals surface area contributed by atoms with Crippen molar-refractivity contribution in [2.75, 3.05) is 16.3 Å². The number of anilines is 2. The number of benzene rings is 2. The van der Waals surface area contributed by atoms with Crippen molar-refractivity contribution in [1.29, 1.82) is 10.5 Å². The maximum absolute atomic E-state index is 13.2. The van der Waals surface area contributed by atoms with E-state index in [4.69, 9.17) is 22.7 Å². The number of carbonyl (C=O) groups is 1. The maximum Gasteiger partial charge on any atom is 0.417 e. The van der Waals surface area contributed by atoms with Crippen molar-refractivity contribution in [3.05, 3.63) is 58.7 Å². The fourth-order valence-electron chi connectivity index (χ4n) is 2.90. The minimum atomic E-state index is -4.71. The van der Waals surface area contributed by atoms with Crippen molar-refractivity contribution in [1.82, 2.24) is 0 Å². The standard InChI is InChI=1S/C19H11F3N4OS/c1-11-6-15(5-2-12(11)8-23)26-17(27)10-25(18(26)28)14-4-3-13(9-24)16(7-14)19(20,21)22/h2-7H,10H2,1H3. The van der Waals surface area contributed by atoms with Crippen LogP contribution in [0.1, 0.15) is 22.3 Å². The van der Waals surface area contributed by atoms with Crippen molar-refractivity contribution >= 4 is 34.6 Å². The van der Waals surface area contributed by atoms with Crippen LogP contribution < -0.4 is 9.80 Å². The summed E-state index contributed by atoms with van der Waals surface area (Å²) < 4.78 is 39.7. The highest BCUT2D eigenvalue weighted by Crippen LogP contribution is 2.36. The number of thiocarbonyl (C=S) groups is 1. The van der Waals surface area contributed by atoms with Crippen LogP contribution in [0.4, 0.5) is 24.5 Å². The molecule has 9 heteroatoms. The number of halogens is 3. The number of nitriles is 2. The lowest BCUT2D eigenvalue weighted by Crippen LogP contribution is -2.33. The Morgan fingerprint density at radius 2 is 1.64 bits per heavy atom. The molecule has 0 atom stereocenters. The van der Waals surface area contributed by atoms with E-state index >= 15 is 0 Å². The van der Waals surface area contributed by atoms with Gasteiger partial charge in [-0.15, -0.1) is 0 Å². The Morgan fingerprint density at radius 1 is 1.04 bits per heavy atom. The molecule has 0 unspecified atom stereocenters. The predicted octanol–water partition coefficient (Wildman–Crippen LogP) is 3.90. The van der Waals surface area contributed by atoms with Crippen LogP contribution in [0.5, 0.6) is 0 Å². The molecule has 140 valence electrons. The van der Waals surface area contributed by atoms with E-state index in [1.807, 2.05) is 6.07 Å². The van der Waals surface area contributed by atoms with E-state index in [2.05, 4.69) is 0 Å². The monoisotopic (exact) mass is 400 g/mol. The van der Waals surface area contributed by atoms with Crippen LogP contribution >= 0.6 is 12.2 Å². The molecule has 0 bridgehead atoms. The van der Waals surface area contributed by atoms with Crippen LogP contribution in [-0.4, -0.2) is 17.6 Å². The van der Waals surface area contributed by atoms with Gasteiger partial charge in [0.25, 0.3) is 5.91 Å². The van der Waals surface area contributed by atoms with Crippen LogP contribution in [0.2, 0.25) is 0 Å². The van der Waals surface area contributed by atoms with Gasteiger partial charge < -0.3 is 4.90 Å². The molecule has 0 radical (unpaired) electrons. The summed E-state index contributed by atoms with van der Waals surface area (Å²) in [6, 6.07) is 11.4. The number of hydrogen-bond acceptors (Lipinski definition) is 4. The molecule has 1 aliphatic rings. The van der Waals surface area contributed by atoms with Crippen molar-refractivity contribution in [2.45, 2.75) is 13.1 Å². The highest BCUT2D eigenvalue weighted by atomic mass is 32.1. The number of aryl methyl sites for hydroxylation is 1. The molecule has 0 N–H and O–H groups in total. The summed E-state index contributed by atoms with van der Waals surface area (Å²) in [6.07, 6.45) is -4.71. The second kappa shape index (κ2) is 6.95. The molecule has 28 heavy (non-hydrogen) atoms. The number of carbonyl (C=O) groups excluding carboxylic acids is 1. The fraction of sp³-hybridized carbons (Fsp3) is 0.158. The van der Waals surface area contributed by atoms with E-state index in [9.17, 15) is 18.0 Å². The zero-order chi connectivity index (χ0) is 20.6. The highest BCUT2D eigenvalue weighted by molar-refractivity contribution is 7.81. The predicted molar refractivity (Wildman–Crippen MR) is 99.5 cm³/mol. The second-order valence-electron chi connectivity index (χ2n) is 6.05. The van der Waals surface area contributed by atoms with Gasteiger partial charge in [0, 0.05) is 5.69 Å². The lowest BCUT2D eigenvalue weighted by molar-refractivity contribution is -0.137.